The van der Waals surface area contributed by atoms with E-state index in [-0.39, 0.29) is 23.7 Å². The van der Waals surface area contributed by atoms with Gasteiger partial charge in [-0.05, 0) is 18.1 Å². The van der Waals surface area contributed by atoms with Crippen molar-refractivity contribution in [2.24, 2.45) is 0 Å². The number of hydrogen-bond donors (Lipinski definition) is 1. The van der Waals surface area contributed by atoms with Gasteiger partial charge in [-0.15, -0.1) is 0 Å². The van der Waals surface area contributed by atoms with Crippen LogP contribution in [0, 0.1) is 0 Å². The molecule has 0 atom stereocenters. The molecular weight excluding hydrogens is 273 g/mol. The molecule has 0 spiro atoms. The molecule has 2 aromatic rings. The topological polar surface area (TPSA) is 54.6 Å². The van der Waals surface area contributed by atoms with E-state index in [0.717, 1.165) is 6.07 Å². The van der Waals surface area contributed by atoms with Crippen LogP contribution in [0.5, 0.6) is 0 Å². The number of pyridine rings is 1. The Morgan fingerprint density at radius 2 is 2.10 bits per heavy atom. The Hall–Kier alpha value is -2.05. The van der Waals surface area contributed by atoms with Crippen LogP contribution in [0.4, 0.5) is 13.2 Å². The molecule has 0 saturated carbocycles. The van der Waals surface area contributed by atoms with Gasteiger partial charge < -0.3 is 9.51 Å². The minimum absolute atomic E-state index is 0.162. The molecule has 4 nitrogen and oxygen atoms in total. The Morgan fingerprint density at radius 3 is 2.60 bits per heavy atom. The number of carboxylic acids is 1. The number of halogens is 3. The Balaban J connectivity index is 2.77. The van der Waals surface area contributed by atoms with Gasteiger partial charge in [-0.1, -0.05) is 13.8 Å². The molecule has 0 amide bonds. The van der Waals surface area contributed by atoms with Crippen molar-refractivity contribution >= 4 is 11.6 Å². The number of hydrogen-bond acceptors (Lipinski definition) is 2. The van der Waals surface area contributed by atoms with Gasteiger partial charge in [0.2, 0.25) is 0 Å². The normalized spacial score (nSPS) is 12.3. The Bertz CT molecular complexity index is 659. The van der Waals surface area contributed by atoms with E-state index >= 15 is 0 Å². The lowest BCUT2D eigenvalue weighted by Gasteiger charge is -2.08. The van der Waals surface area contributed by atoms with Crippen LogP contribution in [0.25, 0.3) is 5.65 Å². The summed E-state index contributed by atoms with van der Waals surface area (Å²) in [6.07, 6.45) is -3.49. The van der Waals surface area contributed by atoms with Gasteiger partial charge >= 0.3 is 12.1 Å². The minimum Gasteiger partial charge on any atom is -0.481 e. The summed E-state index contributed by atoms with van der Waals surface area (Å²) in [5.74, 6) is -1.27. The summed E-state index contributed by atoms with van der Waals surface area (Å²) in [6.45, 7) is 3.53. The molecule has 0 aliphatic carbocycles. The predicted molar refractivity (Wildman–Crippen MR) is 65.6 cm³/mol. The van der Waals surface area contributed by atoms with E-state index in [0.29, 0.717) is 5.69 Å². The molecule has 0 unspecified atom stereocenters. The molecule has 20 heavy (non-hydrogen) atoms. The number of alkyl halides is 3. The first-order valence-electron chi connectivity index (χ1n) is 6.00. The first-order chi connectivity index (χ1) is 9.21. The van der Waals surface area contributed by atoms with Gasteiger partial charge in [0, 0.05) is 6.20 Å². The number of nitrogens with zero attached hydrogens (tertiary/aromatic N) is 2. The predicted octanol–water partition coefficient (Wildman–Crippen LogP) is 3.10. The van der Waals surface area contributed by atoms with E-state index in [1.807, 2.05) is 0 Å². The van der Waals surface area contributed by atoms with Crippen LogP contribution in [0.15, 0.2) is 18.3 Å². The van der Waals surface area contributed by atoms with Crippen molar-refractivity contribution < 1.29 is 23.1 Å². The van der Waals surface area contributed by atoms with Crippen LogP contribution in [-0.2, 0) is 17.4 Å². The zero-order valence-corrected chi connectivity index (χ0v) is 10.9. The molecule has 108 valence electrons. The largest absolute Gasteiger partial charge is 0.481 e. The molecular formula is C13H13F3N2O2. The van der Waals surface area contributed by atoms with Gasteiger partial charge in [-0.3, -0.25) is 4.79 Å². The first kappa shape index (κ1) is 14.4. The monoisotopic (exact) mass is 286 g/mol. The third-order valence-electron chi connectivity index (χ3n) is 2.95. The van der Waals surface area contributed by atoms with Crippen LogP contribution in [0.2, 0.25) is 0 Å². The van der Waals surface area contributed by atoms with Crippen molar-refractivity contribution in [3.63, 3.8) is 0 Å². The molecule has 0 aromatic carbocycles. The lowest BCUT2D eigenvalue weighted by molar-refractivity contribution is -0.137. The minimum atomic E-state index is -4.53. The lowest BCUT2D eigenvalue weighted by atomic mass is 10.1. The van der Waals surface area contributed by atoms with Crippen molar-refractivity contribution in [3.05, 3.63) is 35.3 Å². The molecule has 0 saturated heterocycles. The summed E-state index contributed by atoms with van der Waals surface area (Å²) in [5.41, 5.74) is -0.448. The number of carbonyl (C=O) groups is 1. The number of fused-ring (bicyclic) bond motifs is 1. The van der Waals surface area contributed by atoms with E-state index < -0.39 is 17.7 Å². The average Bonchev–Trinajstić information content (AvgIpc) is 2.66. The van der Waals surface area contributed by atoms with Crippen LogP contribution in [0.1, 0.15) is 36.7 Å². The second-order valence-electron chi connectivity index (χ2n) is 4.78. The Labute approximate surface area is 112 Å². The van der Waals surface area contributed by atoms with Crippen molar-refractivity contribution in [2.45, 2.75) is 32.4 Å². The number of imidazole rings is 1. The summed E-state index contributed by atoms with van der Waals surface area (Å²) in [6, 6.07) is 2.18. The third-order valence-corrected chi connectivity index (χ3v) is 2.95. The molecule has 0 fully saturated rings. The van der Waals surface area contributed by atoms with Gasteiger partial charge in [-0.2, -0.15) is 13.2 Å². The smallest absolute Gasteiger partial charge is 0.419 e. The number of aromatic nitrogens is 2. The maximum Gasteiger partial charge on any atom is 0.419 e. The van der Waals surface area contributed by atoms with Crippen molar-refractivity contribution in [3.8, 4) is 0 Å². The molecule has 0 aliphatic rings. The van der Waals surface area contributed by atoms with Crippen LogP contribution in [0.3, 0.4) is 0 Å². The molecule has 2 rings (SSSR count). The van der Waals surface area contributed by atoms with E-state index in [1.54, 1.807) is 13.8 Å². The number of aliphatic carboxylic acids is 1. The number of rotatable bonds is 3. The second-order valence-corrected chi connectivity index (χ2v) is 4.78. The fraction of sp³-hybridized carbons (Fsp3) is 0.385. The quantitative estimate of drug-likeness (QED) is 0.943. The van der Waals surface area contributed by atoms with Gasteiger partial charge in [0.05, 0.1) is 23.4 Å². The molecule has 0 bridgehead atoms. The molecule has 2 heterocycles. The van der Waals surface area contributed by atoms with Crippen molar-refractivity contribution in [1.82, 2.24) is 9.38 Å². The van der Waals surface area contributed by atoms with Crippen molar-refractivity contribution in [1.29, 1.82) is 0 Å². The Morgan fingerprint density at radius 1 is 1.45 bits per heavy atom. The lowest BCUT2D eigenvalue weighted by Crippen LogP contribution is -2.09. The van der Waals surface area contributed by atoms with Gasteiger partial charge in [-0.25, -0.2) is 4.98 Å². The third kappa shape index (κ3) is 2.48. The van der Waals surface area contributed by atoms with Crippen LogP contribution in [-0.4, -0.2) is 20.5 Å². The van der Waals surface area contributed by atoms with Gasteiger partial charge in [0.1, 0.15) is 5.65 Å². The Kier molecular flexibility index (Phi) is 3.45. The maximum atomic E-state index is 13.0. The highest BCUT2D eigenvalue weighted by atomic mass is 19.4. The zero-order chi connectivity index (χ0) is 15.1. The zero-order valence-electron chi connectivity index (χ0n) is 10.9. The highest BCUT2D eigenvalue weighted by Gasteiger charge is 2.34. The van der Waals surface area contributed by atoms with Crippen molar-refractivity contribution in [2.75, 3.05) is 0 Å². The fourth-order valence-corrected chi connectivity index (χ4v) is 2.14. The SMILES string of the molecule is CC(C)c1nc2c(C(F)(F)F)cccn2c1CC(=O)O. The highest BCUT2D eigenvalue weighted by Crippen LogP contribution is 2.33. The molecule has 7 heteroatoms. The van der Waals surface area contributed by atoms with Gasteiger partial charge in [0.15, 0.2) is 0 Å². The van der Waals surface area contributed by atoms with E-state index in [9.17, 15) is 18.0 Å². The molecule has 0 radical (unpaired) electrons. The second kappa shape index (κ2) is 4.81. The summed E-state index contributed by atoms with van der Waals surface area (Å²) in [7, 11) is 0. The molecule has 2 aromatic heterocycles. The summed E-state index contributed by atoms with van der Waals surface area (Å²) in [5, 5.41) is 8.92. The average molecular weight is 286 g/mol. The van der Waals surface area contributed by atoms with E-state index in [1.165, 1.54) is 16.7 Å². The summed E-state index contributed by atoms with van der Waals surface area (Å²) < 4.78 is 40.1. The molecule has 0 aliphatic heterocycles. The van der Waals surface area contributed by atoms with Crippen LogP contribution >= 0.6 is 0 Å². The van der Waals surface area contributed by atoms with E-state index in [4.69, 9.17) is 5.11 Å². The fourth-order valence-electron chi connectivity index (χ4n) is 2.14. The highest BCUT2D eigenvalue weighted by molar-refractivity contribution is 5.71. The first-order valence-corrected chi connectivity index (χ1v) is 6.00. The van der Waals surface area contributed by atoms with Crippen LogP contribution < -0.4 is 0 Å². The maximum absolute atomic E-state index is 13.0. The summed E-state index contributed by atoms with van der Waals surface area (Å²) in [4.78, 5) is 14.9. The number of carboxylic acid groups (broad SMARTS) is 1. The summed E-state index contributed by atoms with van der Waals surface area (Å²) >= 11 is 0. The van der Waals surface area contributed by atoms with Gasteiger partial charge in [0.25, 0.3) is 0 Å². The van der Waals surface area contributed by atoms with E-state index in [2.05, 4.69) is 4.98 Å². The molecule has 1 N–H and O–H groups in total. The standard InChI is InChI=1S/C13H13F3N2O2/c1-7(2)11-9(6-10(19)20)18-5-3-4-8(12(18)17-11)13(14,15)16/h3-5,7H,6H2,1-2H3,(H,19,20).